The van der Waals surface area contributed by atoms with Crippen LogP contribution in [0.2, 0.25) is 0 Å². The molecule has 2 N–H and O–H groups in total. The van der Waals surface area contributed by atoms with E-state index in [-0.39, 0.29) is 16.1 Å². The quantitative estimate of drug-likeness (QED) is 0.916. The molecule has 114 valence electrons. The molecule has 0 bridgehead atoms. The van der Waals surface area contributed by atoms with E-state index >= 15 is 0 Å². The SMILES string of the molecule is CCN(C(C)c1ccc(F)cc1)S(=O)(=O)c1cc(N)cs1. The lowest BCUT2D eigenvalue weighted by molar-refractivity contribution is 0.358. The maximum Gasteiger partial charge on any atom is 0.253 e. The topological polar surface area (TPSA) is 63.4 Å². The van der Waals surface area contributed by atoms with E-state index in [1.54, 1.807) is 31.4 Å². The maximum absolute atomic E-state index is 13.0. The molecular weight excluding hydrogens is 311 g/mol. The molecule has 0 radical (unpaired) electrons. The van der Waals surface area contributed by atoms with Crippen LogP contribution in [0.5, 0.6) is 0 Å². The van der Waals surface area contributed by atoms with Crippen molar-refractivity contribution >= 4 is 27.0 Å². The van der Waals surface area contributed by atoms with Crippen molar-refractivity contribution in [2.75, 3.05) is 12.3 Å². The Morgan fingerprint density at radius 3 is 2.43 bits per heavy atom. The molecule has 0 aliphatic carbocycles. The summed E-state index contributed by atoms with van der Waals surface area (Å²) in [6.07, 6.45) is 0. The lowest BCUT2D eigenvalue weighted by Crippen LogP contribution is -2.33. The molecule has 7 heteroatoms. The smallest absolute Gasteiger partial charge is 0.253 e. The maximum atomic E-state index is 13.0. The number of nitrogens with two attached hydrogens (primary N) is 1. The molecule has 0 amide bonds. The van der Waals surface area contributed by atoms with E-state index in [2.05, 4.69) is 0 Å². The Labute approximate surface area is 128 Å². The van der Waals surface area contributed by atoms with Gasteiger partial charge in [-0.3, -0.25) is 0 Å². The highest BCUT2D eigenvalue weighted by molar-refractivity contribution is 7.91. The van der Waals surface area contributed by atoms with Crippen molar-refractivity contribution in [2.45, 2.75) is 24.1 Å². The number of thiophene rings is 1. The number of benzene rings is 1. The van der Waals surface area contributed by atoms with Gasteiger partial charge in [-0.15, -0.1) is 11.3 Å². The third kappa shape index (κ3) is 3.25. The molecule has 0 saturated heterocycles. The highest BCUT2D eigenvalue weighted by Gasteiger charge is 2.29. The van der Waals surface area contributed by atoms with Gasteiger partial charge in [0.2, 0.25) is 0 Å². The molecule has 0 spiro atoms. The highest BCUT2D eigenvalue weighted by Crippen LogP contribution is 2.31. The van der Waals surface area contributed by atoms with Gasteiger partial charge in [0.25, 0.3) is 10.0 Å². The van der Waals surface area contributed by atoms with Crippen molar-refractivity contribution in [1.29, 1.82) is 0 Å². The summed E-state index contributed by atoms with van der Waals surface area (Å²) in [6, 6.07) is 6.93. The lowest BCUT2D eigenvalue weighted by Gasteiger charge is -2.26. The second-order valence-electron chi connectivity index (χ2n) is 4.63. The van der Waals surface area contributed by atoms with Gasteiger partial charge in [-0.1, -0.05) is 19.1 Å². The van der Waals surface area contributed by atoms with Crippen LogP contribution in [0.25, 0.3) is 0 Å². The summed E-state index contributed by atoms with van der Waals surface area (Å²) in [5.74, 6) is -0.345. The minimum Gasteiger partial charge on any atom is -0.398 e. The van der Waals surface area contributed by atoms with Crippen LogP contribution >= 0.6 is 11.3 Å². The molecule has 0 aliphatic heterocycles. The third-order valence-corrected chi connectivity index (χ3v) is 6.73. The summed E-state index contributed by atoms with van der Waals surface area (Å²) in [6.45, 7) is 3.87. The van der Waals surface area contributed by atoms with Crippen molar-refractivity contribution in [2.24, 2.45) is 0 Å². The van der Waals surface area contributed by atoms with Crippen LogP contribution < -0.4 is 5.73 Å². The first-order valence-corrected chi connectivity index (χ1v) is 8.79. The van der Waals surface area contributed by atoms with Crippen LogP contribution in [-0.4, -0.2) is 19.3 Å². The number of anilines is 1. The second kappa shape index (κ2) is 6.13. The Morgan fingerprint density at radius 1 is 1.33 bits per heavy atom. The fourth-order valence-corrected chi connectivity index (χ4v) is 4.98. The number of nitrogen functional groups attached to an aromatic ring is 1. The molecule has 4 nitrogen and oxygen atoms in total. The van der Waals surface area contributed by atoms with Crippen molar-refractivity contribution in [3.05, 3.63) is 47.1 Å². The van der Waals surface area contributed by atoms with E-state index in [1.165, 1.54) is 22.5 Å². The summed E-state index contributed by atoms with van der Waals surface area (Å²) in [7, 11) is -3.61. The Balaban J connectivity index is 2.36. The second-order valence-corrected chi connectivity index (χ2v) is 7.66. The van der Waals surface area contributed by atoms with Gasteiger partial charge < -0.3 is 5.73 Å². The van der Waals surface area contributed by atoms with Crippen molar-refractivity contribution in [3.8, 4) is 0 Å². The van der Waals surface area contributed by atoms with E-state index in [0.717, 1.165) is 16.9 Å². The number of halogens is 1. The molecule has 2 rings (SSSR count). The molecule has 1 aromatic heterocycles. The first kappa shape index (κ1) is 15.9. The molecule has 1 unspecified atom stereocenters. The van der Waals surface area contributed by atoms with Gasteiger partial charge in [0.1, 0.15) is 10.0 Å². The molecular formula is C14H17FN2O2S2. The zero-order valence-electron chi connectivity index (χ0n) is 11.8. The van der Waals surface area contributed by atoms with Gasteiger partial charge in [-0.2, -0.15) is 4.31 Å². The molecule has 1 aromatic carbocycles. The summed E-state index contributed by atoms with van der Waals surface area (Å²) in [5.41, 5.74) is 6.78. The van der Waals surface area contributed by atoms with Gasteiger partial charge >= 0.3 is 0 Å². The Morgan fingerprint density at radius 2 is 1.95 bits per heavy atom. The van der Waals surface area contributed by atoms with Crippen LogP contribution in [0.3, 0.4) is 0 Å². The molecule has 0 aliphatic rings. The average molecular weight is 328 g/mol. The van der Waals surface area contributed by atoms with Crippen LogP contribution in [0.4, 0.5) is 10.1 Å². The van der Waals surface area contributed by atoms with E-state index in [0.29, 0.717) is 12.2 Å². The number of hydrogen-bond acceptors (Lipinski definition) is 4. The van der Waals surface area contributed by atoms with Crippen LogP contribution in [-0.2, 0) is 10.0 Å². The van der Waals surface area contributed by atoms with Gasteiger partial charge in [0.05, 0.1) is 0 Å². The largest absolute Gasteiger partial charge is 0.398 e. The summed E-state index contributed by atoms with van der Waals surface area (Å²) in [4.78, 5) is 0. The fraction of sp³-hybridized carbons (Fsp3) is 0.286. The van der Waals surface area contributed by atoms with Crippen molar-refractivity contribution in [3.63, 3.8) is 0 Å². The minimum absolute atomic E-state index is 0.218. The molecule has 0 saturated carbocycles. The molecule has 1 atom stereocenters. The summed E-state index contributed by atoms with van der Waals surface area (Å²) >= 11 is 1.10. The third-order valence-electron chi connectivity index (χ3n) is 3.25. The Kier molecular flexibility index (Phi) is 4.65. The Bertz CT molecular complexity index is 711. The van der Waals surface area contributed by atoms with E-state index in [9.17, 15) is 12.8 Å². The zero-order valence-corrected chi connectivity index (χ0v) is 13.4. The fourth-order valence-electron chi connectivity index (χ4n) is 2.14. The standard InChI is InChI=1S/C14H17FN2O2S2/c1-3-17(10(2)11-4-6-12(15)7-5-11)21(18,19)14-8-13(16)9-20-14/h4-10H,3,16H2,1-2H3. The van der Waals surface area contributed by atoms with Crippen LogP contribution in [0, 0.1) is 5.82 Å². The van der Waals surface area contributed by atoms with Gasteiger partial charge in [-0.25, -0.2) is 12.8 Å². The minimum atomic E-state index is -3.61. The molecule has 2 aromatic rings. The number of nitrogens with zero attached hydrogens (tertiary/aromatic N) is 1. The average Bonchev–Trinajstić information content (AvgIpc) is 2.87. The van der Waals surface area contributed by atoms with Crippen LogP contribution in [0.15, 0.2) is 39.9 Å². The number of rotatable bonds is 5. The number of sulfonamides is 1. The first-order valence-electron chi connectivity index (χ1n) is 6.47. The zero-order chi connectivity index (χ0) is 15.6. The number of hydrogen-bond donors (Lipinski definition) is 1. The van der Waals surface area contributed by atoms with Gasteiger partial charge in [0.15, 0.2) is 0 Å². The molecule has 0 fully saturated rings. The van der Waals surface area contributed by atoms with Crippen LogP contribution in [0.1, 0.15) is 25.5 Å². The predicted octanol–water partition coefficient (Wildman–Crippen LogP) is 3.24. The summed E-state index contributed by atoms with van der Waals surface area (Å²) in [5, 5.41) is 1.60. The molecule has 21 heavy (non-hydrogen) atoms. The summed E-state index contributed by atoms with van der Waals surface area (Å²) < 4.78 is 39.9. The normalized spacial score (nSPS) is 13.5. The predicted molar refractivity (Wildman–Crippen MR) is 83.1 cm³/mol. The van der Waals surface area contributed by atoms with E-state index < -0.39 is 10.0 Å². The van der Waals surface area contributed by atoms with Crippen molar-refractivity contribution in [1.82, 2.24) is 4.31 Å². The highest BCUT2D eigenvalue weighted by atomic mass is 32.2. The first-order chi connectivity index (χ1) is 9.86. The molecule has 1 heterocycles. The van der Waals surface area contributed by atoms with E-state index in [1.807, 2.05) is 0 Å². The lowest BCUT2D eigenvalue weighted by atomic mass is 10.1. The van der Waals surface area contributed by atoms with Gasteiger partial charge in [-0.05, 0) is 30.7 Å². The monoisotopic (exact) mass is 328 g/mol. The van der Waals surface area contributed by atoms with Crippen molar-refractivity contribution < 1.29 is 12.8 Å². The van der Waals surface area contributed by atoms with E-state index in [4.69, 9.17) is 5.73 Å². The van der Waals surface area contributed by atoms with Gasteiger partial charge in [0, 0.05) is 23.7 Å². The Hall–Kier alpha value is -1.44.